The average Bonchev–Trinajstić information content (AvgIpc) is 3.23. The maximum Gasteiger partial charge on any atom is 0.338 e. The maximum atomic E-state index is 13.3. The Kier molecular flexibility index (Phi) is 6.69. The number of carbonyl (C=O) groups is 1. The zero-order valence-corrected chi connectivity index (χ0v) is 19.0. The first kappa shape index (κ1) is 22.5. The fraction of sp³-hybridized carbons (Fsp3) is 0.148. The van der Waals surface area contributed by atoms with Crippen LogP contribution in [0, 0.1) is 13.5 Å². The summed E-state index contributed by atoms with van der Waals surface area (Å²) in [5.74, 6) is 0.250. The van der Waals surface area contributed by atoms with Gasteiger partial charge in [0.1, 0.15) is 0 Å². The molecule has 0 saturated heterocycles. The van der Waals surface area contributed by atoms with Crippen LogP contribution >= 0.6 is 11.6 Å². The normalized spacial score (nSPS) is 12.7. The van der Waals surface area contributed by atoms with Crippen molar-refractivity contribution >= 4 is 17.4 Å². The van der Waals surface area contributed by atoms with Crippen LogP contribution < -0.4 is 5.32 Å². The van der Waals surface area contributed by atoms with Gasteiger partial charge in [0.2, 0.25) is 5.76 Å². The largest absolute Gasteiger partial charge is 0.350 e. The van der Waals surface area contributed by atoms with E-state index in [0.717, 1.165) is 5.56 Å². The smallest absolute Gasteiger partial charge is 0.338 e. The number of aromatic nitrogens is 1. The van der Waals surface area contributed by atoms with Gasteiger partial charge < -0.3 is 4.52 Å². The summed E-state index contributed by atoms with van der Waals surface area (Å²) in [5, 5.41) is 8.03. The Morgan fingerprint density at radius 1 is 1.03 bits per heavy atom. The molecule has 0 bridgehead atoms. The van der Waals surface area contributed by atoms with Gasteiger partial charge in [-0.05, 0) is 49.2 Å². The molecule has 0 radical (unpaired) electrons. The first-order chi connectivity index (χ1) is 16.0. The molecule has 0 fully saturated rings. The van der Waals surface area contributed by atoms with Gasteiger partial charge in [0.05, 0.1) is 11.3 Å². The van der Waals surface area contributed by atoms with E-state index in [4.69, 9.17) is 22.7 Å². The first-order valence-corrected chi connectivity index (χ1v) is 10.9. The molecule has 4 rings (SSSR count). The van der Waals surface area contributed by atoms with Gasteiger partial charge >= 0.3 is 6.17 Å². The van der Waals surface area contributed by atoms with Crippen LogP contribution in [0.4, 0.5) is 0 Å². The fourth-order valence-electron chi connectivity index (χ4n) is 3.80. The molecule has 2 atom stereocenters. The van der Waals surface area contributed by atoms with Crippen LogP contribution in [0.1, 0.15) is 52.1 Å². The van der Waals surface area contributed by atoms with Gasteiger partial charge in [0.15, 0.2) is 5.78 Å². The number of halogens is 1. The van der Waals surface area contributed by atoms with Gasteiger partial charge in [-0.25, -0.2) is 11.9 Å². The molecule has 1 N–H and O–H groups in total. The standard InChI is InChI=1S/C27H22ClN3O2/c1-17(19-9-5-4-6-10-19)30-27(29-3)26-24(18(2)31-33-26)22-11-7-8-12-23(22)25(32)20-13-15-21(28)16-14-20/h4-17,27,30H,1-2H3. The Bertz CT molecular complexity index is 1310. The molecular weight excluding hydrogens is 434 g/mol. The topological polar surface area (TPSA) is 59.5 Å². The highest BCUT2D eigenvalue weighted by atomic mass is 35.5. The Morgan fingerprint density at radius 3 is 2.39 bits per heavy atom. The molecule has 2 unspecified atom stereocenters. The lowest BCUT2D eigenvalue weighted by Crippen LogP contribution is -2.22. The summed E-state index contributed by atoms with van der Waals surface area (Å²) in [7, 11) is 0. The molecule has 0 aliphatic carbocycles. The first-order valence-electron chi connectivity index (χ1n) is 10.5. The number of ketones is 1. The molecule has 5 nitrogen and oxygen atoms in total. The van der Waals surface area contributed by atoms with Crippen LogP contribution in [0.5, 0.6) is 0 Å². The second-order valence-electron chi connectivity index (χ2n) is 7.72. The number of nitrogens with zero attached hydrogens (tertiary/aromatic N) is 2. The van der Waals surface area contributed by atoms with Crippen molar-refractivity contribution < 1.29 is 9.32 Å². The summed E-state index contributed by atoms with van der Waals surface area (Å²) in [4.78, 5) is 17.1. The summed E-state index contributed by atoms with van der Waals surface area (Å²) >= 11 is 5.99. The predicted octanol–water partition coefficient (Wildman–Crippen LogP) is 6.80. The summed E-state index contributed by atoms with van der Waals surface area (Å²) < 4.78 is 5.64. The van der Waals surface area contributed by atoms with Crippen molar-refractivity contribution in [3.8, 4) is 11.1 Å². The molecule has 1 heterocycles. The van der Waals surface area contributed by atoms with Crippen molar-refractivity contribution in [2.24, 2.45) is 0 Å². The summed E-state index contributed by atoms with van der Waals surface area (Å²) in [5.41, 5.74) is 4.04. The minimum Gasteiger partial charge on any atom is -0.350 e. The average molecular weight is 456 g/mol. The Hall–Kier alpha value is -3.72. The molecule has 0 aliphatic rings. The molecule has 6 heteroatoms. The van der Waals surface area contributed by atoms with Gasteiger partial charge in [-0.2, -0.15) is 0 Å². The highest BCUT2D eigenvalue weighted by molar-refractivity contribution is 6.30. The van der Waals surface area contributed by atoms with Gasteiger partial charge in [0.25, 0.3) is 0 Å². The molecule has 4 aromatic rings. The number of aryl methyl sites for hydroxylation is 1. The molecule has 0 saturated carbocycles. The lowest BCUT2D eigenvalue weighted by molar-refractivity contribution is 0.103. The Morgan fingerprint density at radius 2 is 1.70 bits per heavy atom. The lowest BCUT2D eigenvalue weighted by atomic mass is 9.92. The van der Waals surface area contributed by atoms with E-state index in [1.807, 2.05) is 62.4 Å². The molecular formula is C27H22ClN3O2. The van der Waals surface area contributed by atoms with Crippen molar-refractivity contribution in [3.63, 3.8) is 0 Å². The number of rotatable bonds is 7. The summed E-state index contributed by atoms with van der Waals surface area (Å²) in [6.07, 6.45) is -0.768. The number of benzene rings is 3. The van der Waals surface area contributed by atoms with E-state index in [1.165, 1.54) is 0 Å². The summed E-state index contributed by atoms with van der Waals surface area (Å²) in [6.45, 7) is 11.6. The van der Waals surface area contributed by atoms with Crippen molar-refractivity contribution in [2.75, 3.05) is 0 Å². The fourth-order valence-corrected chi connectivity index (χ4v) is 3.93. The molecule has 33 heavy (non-hydrogen) atoms. The van der Waals surface area contributed by atoms with Crippen LogP contribution in [0.25, 0.3) is 16.0 Å². The number of carbonyl (C=O) groups excluding carboxylic acids is 1. The van der Waals surface area contributed by atoms with Crippen LogP contribution in [-0.2, 0) is 0 Å². The van der Waals surface area contributed by atoms with Crippen LogP contribution in [-0.4, -0.2) is 10.9 Å². The number of hydrogen-bond acceptors (Lipinski definition) is 4. The molecule has 1 aromatic heterocycles. The highest BCUT2D eigenvalue weighted by Gasteiger charge is 2.31. The second kappa shape index (κ2) is 9.83. The van der Waals surface area contributed by atoms with Crippen LogP contribution in [0.3, 0.4) is 0 Å². The summed E-state index contributed by atoms with van der Waals surface area (Å²) in [6, 6.07) is 23.9. The van der Waals surface area contributed by atoms with Gasteiger partial charge in [0, 0.05) is 22.2 Å². The van der Waals surface area contributed by atoms with Gasteiger partial charge in [-0.3, -0.25) is 9.64 Å². The van der Waals surface area contributed by atoms with E-state index in [9.17, 15) is 4.79 Å². The molecule has 0 spiro atoms. The van der Waals surface area contributed by atoms with Crippen molar-refractivity contribution in [1.82, 2.24) is 10.5 Å². The quantitative estimate of drug-likeness (QED) is 0.246. The van der Waals surface area contributed by atoms with E-state index in [1.54, 1.807) is 30.3 Å². The van der Waals surface area contributed by atoms with Gasteiger partial charge in [-0.15, -0.1) is 0 Å². The number of nitrogens with one attached hydrogen (secondary N) is 1. The second-order valence-corrected chi connectivity index (χ2v) is 8.16. The molecule has 3 aromatic carbocycles. The third-order valence-electron chi connectivity index (χ3n) is 5.52. The van der Waals surface area contributed by atoms with Crippen molar-refractivity contribution in [3.05, 3.63) is 123 Å². The Labute approximate surface area is 197 Å². The monoisotopic (exact) mass is 455 g/mol. The van der Waals surface area contributed by atoms with E-state index >= 15 is 0 Å². The van der Waals surface area contributed by atoms with Crippen molar-refractivity contribution in [1.29, 1.82) is 0 Å². The van der Waals surface area contributed by atoms with Crippen LogP contribution in [0.2, 0.25) is 5.02 Å². The minimum absolute atomic E-state index is 0.0884. The van der Waals surface area contributed by atoms with E-state index in [-0.39, 0.29) is 11.8 Å². The zero-order valence-electron chi connectivity index (χ0n) is 18.2. The third kappa shape index (κ3) is 4.73. The van der Waals surface area contributed by atoms with Crippen LogP contribution in [0.15, 0.2) is 83.4 Å². The molecule has 0 aliphatic heterocycles. The van der Waals surface area contributed by atoms with E-state index < -0.39 is 6.17 Å². The molecule has 0 amide bonds. The third-order valence-corrected chi connectivity index (χ3v) is 5.77. The highest BCUT2D eigenvalue weighted by Crippen LogP contribution is 2.36. The lowest BCUT2D eigenvalue weighted by Gasteiger charge is -2.16. The predicted molar refractivity (Wildman–Crippen MR) is 129 cm³/mol. The maximum absolute atomic E-state index is 13.3. The minimum atomic E-state index is -0.768. The number of hydrogen-bond donors (Lipinski definition) is 1. The van der Waals surface area contributed by atoms with Crippen molar-refractivity contribution in [2.45, 2.75) is 26.1 Å². The molecule has 164 valence electrons. The Balaban J connectivity index is 1.73. The zero-order chi connectivity index (χ0) is 23.4. The van der Waals surface area contributed by atoms with Gasteiger partial charge in [-0.1, -0.05) is 71.4 Å². The van der Waals surface area contributed by atoms with E-state index in [0.29, 0.717) is 38.7 Å². The SMILES string of the molecule is [C-]#[N+]C(NC(C)c1ccccc1)c1onc(C)c1-c1ccccc1C(=O)c1ccc(Cl)cc1. The van der Waals surface area contributed by atoms with E-state index in [2.05, 4.69) is 15.3 Å².